The van der Waals surface area contributed by atoms with E-state index in [9.17, 15) is 18.2 Å². The minimum Gasteiger partial charge on any atom is -0.756 e. The van der Waals surface area contributed by atoms with E-state index in [1.807, 2.05) is 21.1 Å². The molecule has 8 heteroatoms. The molecule has 2 saturated carbocycles. The molecule has 2 aliphatic rings. The average molecular weight is 516 g/mol. The van der Waals surface area contributed by atoms with Crippen molar-refractivity contribution in [3.63, 3.8) is 0 Å². The van der Waals surface area contributed by atoms with Gasteiger partial charge >= 0.3 is 0 Å². The molecule has 0 spiro atoms. The molecule has 0 bridgehead atoms. The molecule has 2 fully saturated rings. The first kappa shape index (κ1) is 28.7. The third-order valence-corrected chi connectivity index (χ3v) is 9.01. The van der Waals surface area contributed by atoms with Crippen LogP contribution in [0.4, 0.5) is 8.78 Å². The molecule has 5 nitrogen and oxygen atoms in total. The summed E-state index contributed by atoms with van der Waals surface area (Å²) < 4.78 is 49.3. The van der Waals surface area contributed by atoms with Crippen LogP contribution in [-0.2, 0) is 13.6 Å². The first-order valence-electron chi connectivity index (χ1n) is 13.4. The van der Waals surface area contributed by atoms with E-state index < -0.39 is 19.5 Å². The number of halogens is 2. The molecule has 1 atom stereocenters. The second-order valence-electron chi connectivity index (χ2n) is 11.7. The molecule has 0 heterocycles. The van der Waals surface area contributed by atoms with Crippen molar-refractivity contribution in [2.24, 2.45) is 17.8 Å². The van der Waals surface area contributed by atoms with Gasteiger partial charge < -0.3 is 18.4 Å². The van der Waals surface area contributed by atoms with Gasteiger partial charge in [0.15, 0.2) is 11.6 Å². The molecular weight excluding hydrogens is 471 g/mol. The molecule has 200 valence electrons. The van der Waals surface area contributed by atoms with Crippen LogP contribution in [0.15, 0.2) is 18.2 Å². The van der Waals surface area contributed by atoms with Crippen LogP contribution in [0.25, 0.3) is 0 Å². The van der Waals surface area contributed by atoms with Crippen molar-refractivity contribution in [3.8, 4) is 0 Å². The van der Waals surface area contributed by atoms with Gasteiger partial charge in [-0.25, -0.2) is 8.78 Å². The van der Waals surface area contributed by atoms with Crippen molar-refractivity contribution in [2.75, 3.05) is 40.9 Å². The van der Waals surface area contributed by atoms with Crippen LogP contribution in [0, 0.1) is 29.4 Å². The first-order valence-corrected chi connectivity index (χ1v) is 14.8. The monoisotopic (exact) mass is 515 g/mol. The number of nitrogens with zero attached hydrogens (tertiary/aromatic N) is 1. The fraction of sp³-hybridized carbons (Fsp3) is 0.778. The highest BCUT2D eigenvalue weighted by Gasteiger charge is 2.31. The van der Waals surface area contributed by atoms with E-state index in [-0.39, 0.29) is 13.2 Å². The molecule has 0 radical (unpaired) electrons. The summed E-state index contributed by atoms with van der Waals surface area (Å²) in [5, 5.41) is 0. The third-order valence-electron chi connectivity index (χ3n) is 8.01. The fourth-order valence-corrected chi connectivity index (χ4v) is 6.55. The maximum atomic E-state index is 13.6. The van der Waals surface area contributed by atoms with Crippen LogP contribution < -0.4 is 4.89 Å². The first-order chi connectivity index (χ1) is 16.5. The molecule has 1 unspecified atom stereocenters. The molecule has 35 heavy (non-hydrogen) atoms. The minimum absolute atomic E-state index is 0.139. The Labute approximate surface area is 210 Å². The SMILES string of the molecule is C[N+](C)(C)CCOP(=O)([O-])OCCCCC1CCC(C2CCC(c3ccc(F)c(F)c3)CC2)CC1. The van der Waals surface area contributed by atoms with Gasteiger partial charge in [0.05, 0.1) is 27.7 Å². The highest BCUT2D eigenvalue weighted by atomic mass is 31.2. The zero-order valence-corrected chi connectivity index (χ0v) is 22.6. The summed E-state index contributed by atoms with van der Waals surface area (Å²) in [4.78, 5) is 11.8. The largest absolute Gasteiger partial charge is 0.756 e. The van der Waals surface area contributed by atoms with E-state index in [0.717, 1.165) is 55.4 Å². The summed E-state index contributed by atoms with van der Waals surface area (Å²) in [6, 6.07) is 4.38. The van der Waals surface area contributed by atoms with Crippen molar-refractivity contribution in [3.05, 3.63) is 35.4 Å². The number of rotatable bonds is 12. The topological polar surface area (TPSA) is 58.6 Å². The van der Waals surface area contributed by atoms with E-state index in [1.165, 1.54) is 50.7 Å². The van der Waals surface area contributed by atoms with Crippen molar-refractivity contribution in [1.29, 1.82) is 0 Å². The molecule has 0 N–H and O–H groups in total. The zero-order valence-electron chi connectivity index (χ0n) is 21.7. The van der Waals surface area contributed by atoms with E-state index >= 15 is 0 Å². The van der Waals surface area contributed by atoms with Crippen LogP contribution >= 0.6 is 7.82 Å². The molecule has 2 aliphatic carbocycles. The Balaban J connectivity index is 1.26. The van der Waals surface area contributed by atoms with E-state index in [0.29, 0.717) is 16.9 Å². The van der Waals surface area contributed by atoms with E-state index in [4.69, 9.17) is 9.05 Å². The quantitative estimate of drug-likeness (QED) is 0.183. The number of phosphoric acid groups is 1. The molecule has 1 aromatic rings. The lowest BCUT2D eigenvalue weighted by molar-refractivity contribution is -0.870. The second-order valence-corrected chi connectivity index (χ2v) is 13.1. The minimum atomic E-state index is -4.20. The number of quaternary nitrogens is 1. The molecule has 3 rings (SSSR count). The zero-order chi connectivity index (χ0) is 25.5. The van der Waals surface area contributed by atoms with Gasteiger partial charge in [0.1, 0.15) is 13.2 Å². The predicted octanol–water partition coefficient (Wildman–Crippen LogP) is 6.42. The Kier molecular flexibility index (Phi) is 10.7. The van der Waals surface area contributed by atoms with Gasteiger partial charge in [-0.05, 0) is 86.3 Å². The smallest absolute Gasteiger partial charge is 0.268 e. The van der Waals surface area contributed by atoms with Crippen LogP contribution in [0.1, 0.15) is 82.1 Å². The van der Waals surface area contributed by atoms with Crippen LogP contribution in [0.2, 0.25) is 0 Å². The highest BCUT2D eigenvalue weighted by molar-refractivity contribution is 7.45. The Bertz CT molecular complexity index is 831. The molecule has 0 aliphatic heterocycles. The van der Waals surface area contributed by atoms with Gasteiger partial charge in [0, 0.05) is 0 Å². The van der Waals surface area contributed by atoms with Gasteiger partial charge in [-0.1, -0.05) is 31.7 Å². The summed E-state index contributed by atoms with van der Waals surface area (Å²) in [5.41, 5.74) is 0.944. The average Bonchev–Trinajstić information content (AvgIpc) is 2.80. The standard InChI is InChI=1S/C27H44F2NO4P/c1-30(2,3)17-19-34-35(31,32)33-18-5-4-6-21-7-9-22(10-8-21)23-11-13-24(14-12-23)25-15-16-26(28)27(29)20-25/h15-16,20-24H,4-14,17-19H2,1-3H3. The normalized spacial score (nSPS) is 27.5. The highest BCUT2D eigenvalue weighted by Crippen LogP contribution is 2.45. The molecule has 0 amide bonds. The third kappa shape index (κ3) is 9.85. The molecule has 0 aromatic heterocycles. The van der Waals surface area contributed by atoms with E-state index in [2.05, 4.69) is 0 Å². The fourth-order valence-electron chi connectivity index (χ4n) is 5.81. The van der Waals surface area contributed by atoms with Gasteiger partial charge in [-0.3, -0.25) is 4.57 Å². The lowest BCUT2D eigenvalue weighted by Gasteiger charge is -2.38. The Hall–Kier alpha value is -0.850. The van der Waals surface area contributed by atoms with E-state index in [1.54, 1.807) is 6.07 Å². The molecular formula is C27H44F2NO4P. The molecule has 1 aromatic carbocycles. The number of likely N-dealkylation sites (N-methyl/N-ethyl adjacent to an activating group) is 1. The number of hydrogen-bond donors (Lipinski definition) is 0. The Morgan fingerprint density at radius 2 is 1.49 bits per heavy atom. The summed E-state index contributed by atoms with van der Waals surface area (Å²) in [6.07, 6.45) is 12.4. The Morgan fingerprint density at radius 1 is 0.886 bits per heavy atom. The van der Waals surface area contributed by atoms with Crippen molar-refractivity contribution in [1.82, 2.24) is 0 Å². The van der Waals surface area contributed by atoms with Crippen molar-refractivity contribution < 1.29 is 31.8 Å². The number of unbranched alkanes of at least 4 members (excludes halogenated alkanes) is 1. The summed E-state index contributed by atoms with van der Waals surface area (Å²) in [5.74, 6) is 1.12. The number of benzene rings is 1. The summed E-state index contributed by atoms with van der Waals surface area (Å²) >= 11 is 0. The lowest BCUT2D eigenvalue weighted by Crippen LogP contribution is -2.37. The Morgan fingerprint density at radius 3 is 2.09 bits per heavy atom. The van der Waals surface area contributed by atoms with Crippen LogP contribution in [0.3, 0.4) is 0 Å². The predicted molar refractivity (Wildman–Crippen MR) is 133 cm³/mol. The maximum Gasteiger partial charge on any atom is 0.268 e. The summed E-state index contributed by atoms with van der Waals surface area (Å²) in [6.45, 7) is 0.940. The van der Waals surface area contributed by atoms with Crippen molar-refractivity contribution >= 4 is 7.82 Å². The van der Waals surface area contributed by atoms with Crippen LogP contribution in [-0.4, -0.2) is 45.4 Å². The van der Waals surface area contributed by atoms with Gasteiger partial charge in [0.25, 0.3) is 7.82 Å². The maximum absolute atomic E-state index is 13.6. The van der Waals surface area contributed by atoms with Crippen LogP contribution in [0.5, 0.6) is 0 Å². The van der Waals surface area contributed by atoms with Gasteiger partial charge in [0.2, 0.25) is 0 Å². The molecule has 0 saturated heterocycles. The van der Waals surface area contributed by atoms with Crippen molar-refractivity contribution in [2.45, 2.75) is 76.5 Å². The number of hydrogen-bond acceptors (Lipinski definition) is 4. The lowest BCUT2D eigenvalue weighted by atomic mass is 9.68. The number of phosphoric ester groups is 1. The van der Waals surface area contributed by atoms with Gasteiger partial charge in [-0.15, -0.1) is 0 Å². The van der Waals surface area contributed by atoms with Gasteiger partial charge in [-0.2, -0.15) is 0 Å². The summed E-state index contributed by atoms with van der Waals surface area (Å²) in [7, 11) is 1.75. The second kappa shape index (κ2) is 13.1.